The molecule has 1 aliphatic carbocycles. The summed E-state index contributed by atoms with van der Waals surface area (Å²) in [5.74, 6) is 4.41. The molecule has 0 aromatic carbocycles. The second-order valence-electron chi connectivity index (χ2n) is 5.92. The molecule has 1 rings (SSSR count). The van der Waals surface area contributed by atoms with Gasteiger partial charge in [-0.05, 0) is 49.5 Å². The van der Waals surface area contributed by atoms with Crippen molar-refractivity contribution >= 4 is 0 Å². The van der Waals surface area contributed by atoms with Gasteiger partial charge in [0, 0.05) is 0 Å². The Balaban J connectivity index is 2.22. The lowest BCUT2D eigenvalue weighted by atomic mass is 9.70. The Hall–Kier alpha value is -0.480. The maximum absolute atomic E-state index is 5.21. The van der Waals surface area contributed by atoms with Crippen molar-refractivity contribution in [3.8, 4) is 12.3 Å². The first-order valence-electron chi connectivity index (χ1n) is 6.18. The smallest absolute Gasteiger partial charge is 0.0573 e. The van der Waals surface area contributed by atoms with Crippen molar-refractivity contribution in [2.24, 2.45) is 17.3 Å². The highest BCUT2D eigenvalue weighted by molar-refractivity contribution is 4.87. The fourth-order valence-corrected chi connectivity index (χ4v) is 2.58. The number of terminal acetylenes is 1. The highest BCUT2D eigenvalue weighted by Gasteiger charge is 2.29. The lowest BCUT2D eigenvalue weighted by molar-refractivity contribution is 0.149. The summed E-state index contributed by atoms with van der Waals surface area (Å²) in [5, 5.41) is 3.32. The first-order chi connectivity index (χ1) is 7.04. The van der Waals surface area contributed by atoms with Gasteiger partial charge in [0.25, 0.3) is 0 Å². The van der Waals surface area contributed by atoms with E-state index < -0.39 is 0 Å². The first kappa shape index (κ1) is 12.6. The van der Waals surface area contributed by atoms with Gasteiger partial charge in [-0.2, -0.15) is 0 Å². The summed E-state index contributed by atoms with van der Waals surface area (Å²) in [6.45, 7) is 8.94. The Morgan fingerprint density at radius 1 is 1.20 bits per heavy atom. The van der Waals surface area contributed by atoms with Crippen LogP contribution in [0.5, 0.6) is 0 Å². The van der Waals surface area contributed by atoms with Crippen LogP contribution in [0.1, 0.15) is 46.5 Å². The Labute approximate surface area is 95.0 Å². The third kappa shape index (κ3) is 4.26. The van der Waals surface area contributed by atoms with Crippen LogP contribution < -0.4 is 5.32 Å². The molecule has 1 nitrogen and oxygen atoms in total. The van der Waals surface area contributed by atoms with Gasteiger partial charge in [0.1, 0.15) is 0 Å². The Bertz CT molecular complexity index is 210. The molecule has 0 radical (unpaired) electrons. The lowest BCUT2D eigenvalue weighted by Gasteiger charge is -2.37. The minimum Gasteiger partial charge on any atom is -0.306 e. The third-order valence-corrected chi connectivity index (χ3v) is 3.73. The molecule has 1 fully saturated rings. The zero-order valence-electron chi connectivity index (χ0n) is 10.5. The van der Waals surface area contributed by atoms with Crippen LogP contribution in [-0.4, -0.2) is 13.1 Å². The normalized spacial score (nSPS) is 27.3. The zero-order valence-corrected chi connectivity index (χ0v) is 10.5. The number of hydrogen-bond donors (Lipinski definition) is 1. The van der Waals surface area contributed by atoms with E-state index in [4.69, 9.17) is 6.42 Å². The van der Waals surface area contributed by atoms with Gasteiger partial charge in [-0.15, -0.1) is 6.42 Å². The maximum Gasteiger partial charge on any atom is 0.0573 e. The minimum absolute atomic E-state index is 0.497. The standard InChI is InChI=1S/C14H25N/c1-5-10-15-11-12-6-8-13(9-7-12)14(2,3)4/h1,12-13,15H,6-11H2,2-4H3. The number of hydrogen-bond acceptors (Lipinski definition) is 1. The molecule has 0 aromatic rings. The van der Waals surface area contributed by atoms with Gasteiger partial charge < -0.3 is 5.32 Å². The molecule has 1 N–H and O–H groups in total. The largest absolute Gasteiger partial charge is 0.306 e. The molecule has 0 unspecified atom stereocenters. The fourth-order valence-electron chi connectivity index (χ4n) is 2.58. The van der Waals surface area contributed by atoms with Gasteiger partial charge in [0.15, 0.2) is 0 Å². The highest BCUT2D eigenvalue weighted by atomic mass is 14.8. The van der Waals surface area contributed by atoms with Gasteiger partial charge in [0.2, 0.25) is 0 Å². The van der Waals surface area contributed by atoms with Gasteiger partial charge in [-0.25, -0.2) is 0 Å². The van der Waals surface area contributed by atoms with E-state index in [0.717, 1.165) is 24.9 Å². The molecule has 0 saturated heterocycles. The van der Waals surface area contributed by atoms with E-state index in [2.05, 4.69) is 32.0 Å². The molecule has 86 valence electrons. The van der Waals surface area contributed by atoms with Crippen molar-refractivity contribution in [3.63, 3.8) is 0 Å². The Morgan fingerprint density at radius 3 is 2.27 bits per heavy atom. The van der Waals surface area contributed by atoms with Crippen molar-refractivity contribution in [3.05, 3.63) is 0 Å². The maximum atomic E-state index is 5.21. The summed E-state index contributed by atoms with van der Waals surface area (Å²) in [4.78, 5) is 0. The quantitative estimate of drug-likeness (QED) is 0.554. The van der Waals surface area contributed by atoms with E-state index in [1.54, 1.807) is 0 Å². The predicted octanol–water partition coefficient (Wildman–Crippen LogP) is 3.06. The Morgan fingerprint density at radius 2 is 1.80 bits per heavy atom. The van der Waals surface area contributed by atoms with E-state index >= 15 is 0 Å². The van der Waals surface area contributed by atoms with Gasteiger partial charge in [-0.3, -0.25) is 0 Å². The van der Waals surface area contributed by atoms with Crippen LogP contribution in [0, 0.1) is 29.6 Å². The fraction of sp³-hybridized carbons (Fsp3) is 0.857. The molecule has 1 saturated carbocycles. The SMILES string of the molecule is C#CCNCC1CCC(C(C)(C)C)CC1. The molecule has 0 amide bonds. The van der Waals surface area contributed by atoms with Crippen LogP contribution in [0.25, 0.3) is 0 Å². The molecule has 0 spiro atoms. The van der Waals surface area contributed by atoms with Gasteiger partial charge in [-0.1, -0.05) is 26.7 Å². The predicted molar refractivity (Wildman–Crippen MR) is 66.6 cm³/mol. The van der Waals surface area contributed by atoms with E-state index in [1.165, 1.54) is 25.7 Å². The molecule has 1 heteroatoms. The third-order valence-electron chi connectivity index (χ3n) is 3.73. The van der Waals surface area contributed by atoms with Crippen LogP contribution >= 0.6 is 0 Å². The van der Waals surface area contributed by atoms with Crippen molar-refractivity contribution < 1.29 is 0 Å². The van der Waals surface area contributed by atoms with Crippen molar-refractivity contribution in [1.82, 2.24) is 5.32 Å². The zero-order chi connectivity index (χ0) is 11.3. The molecule has 0 heterocycles. The van der Waals surface area contributed by atoms with Crippen molar-refractivity contribution in [2.75, 3.05) is 13.1 Å². The summed E-state index contributed by atoms with van der Waals surface area (Å²) >= 11 is 0. The summed E-state index contributed by atoms with van der Waals surface area (Å²) in [7, 11) is 0. The molecule has 0 aromatic heterocycles. The topological polar surface area (TPSA) is 12.0 Å². The molecule has 0 aliphatic heterocycles. The van der Waals surface area contributed by atoms with Crippen molar-refractivity contribution in [2.45, 2.75) is 46.5 Å². The molecular weight excluding hydrogens is 182 g/mol. The van der Waals surface area contributed by atoms with Crippen LogP contribution in [0.2, 0.25) is 0 Å². The van der Waals surface area contributed by atoms with E-state index in [9.17, 15) is 0 Å². The van der Waals surface area contributed by atoms with Crippen LogP contribution in [0.15, 0.2) is 0 Å². The monoisotopic (exact) mass is 207 g/mol. The van der Waals surface area contributed by atoms with Crippen molar-refractivity contribution in [1.29, 1.82) is 0 Å². The molecular formula is C14H25N. The van der Waals surface area contributed by atoms with Crippen LogP contribution in [0.4, 0.5) is 0 Å². The Kier molecular flexibility index (Phi) is 4.67. The van der Waals surface area contributed by atoms with Crippen LogP contribution in [0.3, 0.4) is 0 Å². The summed E-state index contributed by atoms with van der Waals surface area (Å²) in [5.41, 5.74) is 0.497. The summed E-state index contributed by atoms with van der Waals surface area (Å²) in [6.07, 6.45) is 10.7. The average molecular weight is 207 g/mol. The first-order valence-corrected chi connectivity index (χ1v) is 6.18. The minimum atomic E-state index is 0.497. The van der Waals surface area contributed by atoms with E-state index in [0.29, 0.717) is 5.41 Å². The molecule has 1 aliphatic rings. The summed E-state index contributed by atoms with van der Waals surface area (Å²) in [6, 6.07) is 0. The highest BCUT2D eigenvalue weighted by Crippen LogP contribution is 2.39. The molecule has 15 heavy (non-hydrogen) atoms. The van der Waals surface area contributed by atoms with Crippen LogP contribution in [-0.2, 0) is 0 Å². The summed E-state index contributed by atoms with van der Waals surface area (Å²) < 4.78 is 0. The van der Waals surface area contributed by atoms with E-state index in [1.807, 2.05) is 0 Å². The van der Waals surface area contributed by atoms with E-state index in [-0.39, 0.29) is 0 Å². The molecule has 0 bridgehead atoms. The van der Waals surface area contributed by atoms with Gasteiger partial charge in [0.05, 0.1) is 6.54 Å². The molecule has 0 atom stereocenters. The second kappa shape index (κ2) is 5.56. The number of rotatable bonds is 3. The second-order valence-corrected chi connectivity index (χ2v) is 5.92. The number of nitrogens with one attached hydrogen (secondary N) is 1. The average Bonchev–Trinajstić information content (AvgIpc) is 2.18. The lowest BCUT2D eigenvalue weighted by Crippen LogP contribution is -2.30. The van der Waals surface area contributed by atoms with Gasteiger partial charge >= 0.3 is 0 Å².